The molecule has 2 aliphatic rings. The number of fused-ring (bicyclic) bond motifs is 1. The molecule has 0 spiro atoms. The largest absolute Gasteiger partial charge is 0.390 e. The van der Waals surface area contributed by atoms with E-state index in [1.54, 1.807) is 12.1 Å². The molecule has 142 valence electrons. The van der Waals surface area contributed by atoms with Gasteiger partial charge in [0.25, 0.3) is 5.91 Å². The average molecular weight is 369 g/mol. The fourth-order valence-electron chi connectivity index (χ4n) is 4.53. The molecule has 0 radical (unpaired) electrons. The van der Waals surface area contributed by atoms with Gasteiger partial charge in [-0.1, -0.05) is 18.2 Å². The van der Waals surface area contributed by atoms with E-state index >= 15 is 0 Å². The van der Waals surface area contributed by atoms with Crippen molar-refractivity contribution in [2.75, 3.05) is 13.1 Å². The maximum absolute atomic E-state index is 13.4. The Kier molecular flexibility index (Phi) is 4.74. The van der Waals surface area contributed by atoms with Crippen molar-refractivity contribution in [3.8, 4) is 11.1 Å². The number of hydrogen-bond donors (Lipinski definition) is 2. The van der Waals surface area contributed by atoms with Crippen molar-refractivity contribution >= 4 is 5.91 Å². The predicted molar refractivity (Wildman–Crippen MR) is 101 cm³/mol. The third-order valence-corrected chi connectivity index (χ3v) is 6.01. The zero-order valence-corrected chi connectivity index (χ0v) is 15.3. The molecule has 2 aromatic carbocycles. The third-order valence-electron chi connectivity index (χ3n) is 6.01. The highest BCUT2D eigenvalue weighted by molar-refractivity contribution is 5.95. The molecule has 5 heteroatoms. The van der Waals surface area contributed by atoms with E-state index in [1.165, 1.54) is 12.1 Å². The molecular weight excluding hydrogens is 345 g/mol. The Balaban J connectivity index is 1.55. The first-order valence-electron chi connectivity index (χ1n) is 9.44. The Morgan fingerprint density at radius 1 is 1.04 bits per heavy atom. The summed E-state index contributed by atoms with van der Waals surface area (Å²) in [5.41, 5.74) is 3.24. The fraction of sp³-hybridized carbons (Fsp3) is 0.409. The zero-order valence-electron chi connectivity index (χ0n) is 15.3. The number of aliphatic hydroxyl groups excluding tert-OH is 2. The number of carbonyl (C=O) groups is 1. The van der Waals surface area contributed by atoms with E-state index in [-0.39, 0.29) is 23.6 Å². The minimum absolute atomic E-state index is 0.0324. The number of aryl methyl sites for hydroxylation is 1. The Hall–Kier alpha value is -2.24. The quantitative estimate of drug-likeness (QED) is 0.856. The Labute approximate surface area is 158 Å². The van der Waals surface area contributed by atoms with Gasteiger partial charge in [-0.3, -0.25) is 4.79 Å². The molecule has 1 heterocycles. The fourth-order valence-corrected chi connectivity index (χ4v) is 4.53. The summed E-state index contributed by atoms with van der Waals surface area (Å²) in [6.45, 7) is 3.09. The first kappa shape index (κ1) is 18.1. The molecule has 2 aromatic rings. The van der Waals surface area contributed by atoms with Crippen molar-refractivity contribution in [1.82, 2.24) is 4.90 Å². The number of aliphatic hydroxyl groups is 2. The summed E-state index contributed by atoms with van der Waals surface area (Å²) >= 11 is 0. The van der Waals surface area contributed by atoms with Crippen LogP contribution in [-0.4, -0.2) is 46.3 Å². The number of rotatable bonds is 2. The van der Waals surface area contributed by atoms with Crippen LogP contribution >= 0.6 is 0 Å². The van der Waals surface area contributed by atoms with Crippen LogP contribution in [0.2, 0.25) is 0 Å². The van der Waals surface area contributed by atoms with Crippen molar-refractivity contribution in [2.24, 2.45) is 11.8 Å². The Bertz CT molecular complexity index is 850. The van der Waals surface area contributed by atoms with Gasteiger partial charge in [-0.2, -0.15) is 0 Å². The van der Waals surface area contributed by atoms with Gasteiger partial charge in [0, 0.05) is 18.7 Å². The third kappa shape index (κ3) is 3.49. The van der Waals surface area contributed by atoms with Crippen LogP contribution in [0.15, 0.2) is 42.5 Å². The number of hydrogen-bond acceptors (Lipinski definition) is 3. The topological polar surface area (TPSA) is 60.8 Å². The summed E-state index contributed by atoms with van der Waals surface area (Å²) in [6, 6.07) is 12.1. The molecule has 4 nitrogen and oxygen atoms in total. The van der Waals surface area contributed by atoms with Gasteiger partial charge in [0.1, 0.15) is 5.82 Å². The number of benzene rings is 2. The second-order valence-corrected chi connectivity index (χ2v) is 7.88. The molecule has 0 bridgehead atoms. The van der Waals surface area contributed by atoms with Crippen molar-refractivity contribution in [2.45, 2.75) is 32.0 Å². The standard InChI is InChI=1S/C22H24FNO3/c1-13-7-18(23)5-6-19(13)14-3-2-4-15(8-14)22(27)24-11-16-9-20(25)21(26)10-17(16)12-24/h2-8,16-17,20-21,25-26H,9-12H2,1H3. The van der Waals surface area contributed by atoms with Crippen LogP contribution in [0.5, 0.6) is 0 Å². The molecule has 1 amide bonds. The first-order valence-corrected chi connectivity index (χ1v) is 9.44. The van der Waals surface area contributed by atoms with E-state index in [0.29, 0.717) is 31.5 Å². The maximum Gasteiger partial charge on any atom is 0.253 e. The lowest BCUT2D eigenvalue weighted by atomic mass is 9.79. The normalized spacial score (nSPS) is 27.5. The summed E-state index contributed by atoms with van der Waals surface area (Å²) in [4.78, 5) is 14.8. The Morgan fingerprint density at radius 2 is 1.70 bits per heavy atom. The van der Waals surface area contributed by atoms with Crippen LogP contribution in [-0.2, 0) is 0 Å². The van der Waals surface area contributed by atoms with Gasteiger partial charge in [0.2, 0.25) is 0 Å². The lowest BCUT2D eigenvalue weighted by molar-refractivity contribution is -0.0372. The maximum atomic E-state index is 13.4. The van der Waals surface area contributed by atoms with Gasteiger partial charge in [-0.05, 0) is 72.6 Å². The summed E-state index contributed by atoms with van der Waals surface area (Å²) in [5, 5.41) is 19.8. The number of halogens is 1. The van der Waals surface area contributed by atoms with Gasteiger partial charge in [0.05, 0.1) is 12.2 Å². The summed E-state index contributed by atoms with van der Waals surface area (Å²) in [5.74, 6) is 0.187. The predicted octanol–water partition coefficient (Wildman–Crippen LogP) is 3.00. The van der Waals surface area contributed by atoms with Gasteiger partial charge < -0.3 is 15.1 Å². The molecule has 2 N–H and O–H groups in total. The highest BCUT2D eigenvalue weighted by Gasteiger charge is 2.42. The second kappa shape index (κ2) is 7.06. The molecule has 0 aromatic heterocycles. The number of nitrogens with zero attached hydrogens (tertiary/aromatic N) is 1. The van der Waals surface area contributed by atoms with Gasteiger partial charge in [-0.25, -0.2) is 4.39 Å². The van der Waals surface area contributed by atoms with Crippen LogP contribution in [0, 0.1) is 24.6 Å². The van der Waals surface area contributed by atoms with Crippen molar-refractivity contribution in [3.05, 3.63) is 59.4 Å². The molecule has 4 atom stereocenters. The Morgan fingerprint density at radius 3 is 2.33 bits per heavy atom. The van der Waals surface area contributed by atoms with E-state index < -0.39 is 12.2 Å². The lowest BCUT2D eigenvalue weighted by Crippen LogP contribution is -2.38. The van der Waals surface area contributed by atoms with Crippen LogP contribution in [0.4, 0.5) is 4.39 Å². The highest BCUT2D eigenvalue weighted by Crippen LogP contribution is 2.37. The molecule has 1 aliphatic carbocycles. The van der Waals surface area contributed by atoms with Crippen LogP contribution < -0.4 is 0 Å². The van der Waals surface area contributed by atoms with Crippen molar-refractivity contribution in [3.63, 3.8) is 0 Å². The van der Waals surface area contributed by atoms with Crippen molar-refractivity contribution in [1.29, 1.82) is 0 Å². The molecule has 1 saturated carbocycles. The minimum atomic E-state index is -0.689. The van der Waals surface area contributed by atoms with E-state index in [0.717, 1.165) is 16.7 Å². The van der Waals surface area contributed by atoms with E-state index in [1.807, 2.05) is 30.0 Å². The number of amides is 1. The summed E-state index contributed by atoms with van der Waals surface area (Å²) in [7, 11) is 0. The first-order chi connectivity index (χ1) is 12.9. The SMILES string of the molecule is Cc1cc(F)ccc1-c1cccc(C(=O)N2CC3CC(O)C(O)CC3C2)c1. The molecule has 1 aliphatic heterocycles. The van der Waals surface area contributed by atoms with Gasteiger partial charge >= 0.3 is 0 Å². The molecular formula is C22H24FNO3. The monoisotopic (exact) mass is 369 g/mol. The minimum Gasteiger partial charge on any atom is -0.390 e. The van der Waals surface area contributed by atoms with E-state index in [4.69, 9.17) is 0 Å². The van der Waals surface area contributed by atoms with Crippen molar-refractivity contribution < 1.29 is 19.4 Å². The van der Waals surface area contributed by atoms with E-state index in [2.05, 4.69) is 0 Å². The molecule has 1 saturated heterocycles. The summed E-state index contributed by atoms with van der Waals surface area (Å²) in [6.07, 6.45) is -0.286. The molecule has 4 unspecified atom stereocenters. The van der Waals surface area contributed by atoms with Crippen LogP contribution in [0.3, 0.4) is 0 Å². The smallest absolute Gasteiger partial charge is 0.253 e. The summed E-state index contributed by atoms with van der Waals surface area (Å²) < 4.78 is 13.4. The zero-order chi connectivity index (χ0) is 19.1. The second-order valence-electron chi connectivity index (χ2n) is 7.88. The average Bonchev–Trinajstić information content (AvgIpc) is 3.04. The van der Waals surface area contributed by atoms with Crippen LogP contribution in [0.25, 0.3) is 11.1 Å². The molecule has 4 rings (SSSR count). The van der Waals surface area contributed by atoms with Crippen LogP contribution in [0.1, 0.15) is 28.8 Å². The van der Waals surface area contributed by atoms with Gasteiger partial charge in [0.15, 0.2) is 0 Å². The molecule has 27 heavy (non-hydrogen) atoms. The number of carbonyl (C=O) groups excluding carboxylic acids is 1. The number of likely N-dealkylation sites (tertiary alicyclic amines) is 1. The molecule has 2 fully saturated rings. The highest BCUT2D eigenvalue weighted by atomic mass is 19.1. The van der Waals surface area contributed by atoms with Gasteiger partial charge in [-0.15, -0.1) is 0 Å². The van der Waals surface area contributed by atoms with E-state index in [9.17, 15) is 19.4 Å². The lowest BCUT2D eigenvalue weighted by Gasteiger charge is -2.31.